The van der Waals surface area contributed by atoms with E-state index < -0.39 is 0 Å². The highest BCUT2D eigenvalue weighted by Gasteiger charge is 1.96. The van der Waals surface area contributed by atoms with Crippen molar-refractivity contribution >= 4 is 11.6 Å². The van der Waals surface area contributed by atoms with Gasteiger partial charge < -0.3 is 10.1 Å². The SMILES string of the molecule is CC(C)OCCNCc1cccc(CCl)c1. The first-order chi connectivity index (χ1) is 7.72. The van der Waals surface area contributed by atoms with Gasteiger partial charge in [-0.25, -0.2) is 0 Å². The van der Waals surface area contributed by atoms with Crippen LogP contribution in [0.15, 0.2) is 24.3 Å². The van der Waals surface area contributed by atoms with Crippen LogP contribution in [0.2, 0.25) is 0 Å². The van der Waals surface area contributed by atoms with Crippen molar-refractivity contribution in [2.24, 2.45) is 0 Å². The molecule has 0 saturated carbocycles. The second kappa shape index (κ2) is 7.66. The summed E-state index contributed by atoms with van der Waals surface area (Å²) in [5, 5.41) is 3.34. The summed E-state index contributed by atoms with van der Waals surface area (Å²) in [7, 11) is 0. The molecule has 2 nitrogen and oxygen atoms in total. The monoisotopic (exact) mass is 241 g/mol. The Kier molecular flexibility index (Phi) is 6.46. The van der Waals surface area contributed by atoms with Crippen molar-refractivity contribution in [2.45, 2.75) is 32.4 Å². The molecule has 0 amide bonds. The lowest BCUT2D eigenvalue weighted by molar-refractivity contribution is 0.0807. The van der Waals surface area contributed by atoms with Gasteiger partial charge in [-0.1, -0.05) is 24.3 Å². The number of hydrogen-bond donors (Lipinski definition) is 1. The highest BCUT2D eigenvalue weighted by Crippen LogP contribution is 2.07. The normalized spacial score (nSPS) is 11.0. The molecular formula is C13H20ClNO. The second-order valence-corrected chi connectivity index (χ2v) is 4.32. The van der Waals surface area contributed by atoms with Gasteiger partial charge in [0.2, 0.25) is 0 Å². The van der Waals surface area contributed by atoms with E-state index in [1.807, 2.05) is 26.0 Å². The molecule has 0 heterocycles. The van der Waals surface area contributed by atoms with Crippen LogP contribution in [0.4, 0.5) is 0 Å². The van der Waals surface area contributed by atoms with Crippen LogP contribution in [0, 0.1) is 0 Å². The number of alkyl halides is 1. The summed E-state index contributed by atoms with van der Waals surface area (Å²) in [5.41, 5.74) is 2.43. The van der Waals surface area contributed by atoms with Gasteiger partial charge in [0.15, 0.2) is 0 Å². The Bertz CT molecular complexity index is 302. The predicted octanol–water partition coefficient (Wildman–Crippen LogP) is 2.94. The average molecular weight is 242 g/mol. The van der Waals surface area contributed by atoms with E-state index >= 15 is 0 Å². The van der Waals surface area contributed by atoms with Crippen molar-refractivity contribution < 1.29 is 4.74 Å². The first kappa shape index (κ1) is 13.5. The van der Waals surface area contributed by atoms with Gasteiger partial charge in [-0.15, -0.1) is 11.6 Å². The molecule has 3 heteroatoms. The van der Waals surface area contributed by atoms with E-state index in [4.69, 9.17) is 16.3 Å². The molecule has 0 saturated heterocycles. The smallest absolute Gasteiger partial charge is 0.0594 e. The second-order valence-electron chi connectivity index (χ2n) is 4.05. The lowest BCUT2D eigenvalue weighted by Gasteiger charge is -2.09. The fourth-order valence-corrected chi connectivity index (χ4v) is 1.59. The topological polar surface area (TPSA) is 21.3 Å². The van der Waals surface area contributed by atoms with Gasteiger partial charge in [-0.3, -0.25) is 0 Å². The van der Waals surface area contributed by atoms with E-state index in [1.165, 1.54) is 11.1 Å². The van der Waals surface area contributed by atoms with Gasteiger partial charge in [0.05, 0.1) is 12.7 Å². The van der Waals surface area contributed by atoms with Crippen LogP contribution in [0.1, 0.15) is 25.0 Å². The zero-order valence-electron chi connectivity index (χ0n) is 10.0. The quantitative estimate of drug-likeness (QED) is 0.586. The molecule has 0 aliphatic carbocycles. The largest absolute Gasteiger partial charge is 0.377 e. The maximum absolute atomic E-state index is 5.78. The molecule has 1 aromatic rings. The van der Waals surface area contributed by atoms with Crippen LogP contribution in [0.3, 0.4) is 0 Å². The Morgan fingerprint density at radius 3 is 2.75 bits per heavy atom. The minimum Gasteiger partial charge on any atom is -0.377 e. The van der Waals surface area contributed by atoms with Crippen LogP contribution in [0.25, 0.3) is 0 Å². The third kappa shape index (κ3) is 5.50. The van der Waals surface area contributed by atoms with Crippen molar-refractivity contribution in [3.8, 4) is 0 Å². The molecule has 0 aliphatic rings. The maximum atomic E-state index is 5.78. The Morgan fingerprint density at radius 1 is 1.31 bits per heavy atom. The molecule has 16 heavy (non-hydrogen) atoms. The number of hydrogen-bond acceptors (Lipinski definition) is 2. The number of ether oxygens (including phenoxy) is 1. The highest BCUT2D eigenvalue weighted by molar-refractivity contribution is 6.17. The summed E-state index contributed by atoms with van der Waals surface area (Å²) in [6, 6.07) is 8.31. The van der Waals surface area contributed by atoms with Crippen LogP contribution in [-0.4, -0.2) is 19.3 Å². The third-order valence-electron chi connectivity index (χ3n) is 2.20. The average Bonchev–Trinajstić information content (AvgIpc) is 2.28. The zero-order chi connectivity index (χ0) is 11.8. The molecule has 0 radical (unpaired) electrons. The summed E-state index contributed by atoms with van der Waals surface area (Å²) in [6.07, 6.45) is 0.307. The maximum Gasteiger partial charge on any atom is 0.0594 e. The number of nitrogens with one attached hydrogen (secondary N) is 1. The van der Waals surface area contributed by atoms with Gasteiger partial charge >= 0.3 is 0 Å². The van der Waals surface area contributed by atoms with Crippen LogP contribution in [-0.2, 0) is 17.2 Å². The summed E-state index contributed by atoms with van der Waals surface area (Å²) < 4.78 is 5.44. The van der Waals surface area contributed by atoms with Gasteiger partial charge in [0.1, 0.15) is 0 Å². The summed E-state index contributed by atoms with van der Waals surface area (Å²) in [4.78, 5) is 0. The fraction of sp³-hybridized carbons (Fsp3) is 0.538. The standard InChI is InChI=1S/C13H20ClNO/c1-11(2)16-7-6-15-10-13-5-3-4-12(8-13)9-14/h3-5,8,11,15H,6-7,9-10H2,1-2H3. The van der Waals surface area contributed by atoms with Gasteiger partial charge in [0, 0.05) is 19.0 Å². The van der Waals surface area contributed by atoms with E-state index in [-0.39, 0.29) is 0 Å². The van der Waals surface area contributed by atoms with Gasteiger partial charge in [-0.05, 0) is 25.0 Å². The Balaban J connectivity index is 2.21. The Hall–Kier alpha value is -0.570. The van der Waals surface area contributed by atoms with E-state index in [9.17, 15) is 0 Å². The highest BCUT2D eigenvalue weighted by atomic mass is 35.5. The summed E-state index contributed by atoms with van der Waals surface area (Å²) in [5.74, 6) is 0.574. The Morgan fingerprint density at radius 2 is 2.06 bits per heavy atom. The molecule has 0 aliphatic heterocycles. The summed E-state index contributed by atoms with van der Waals surface area (Å²) in [6.45, 7) is 6.59. The number of rotatable bonds is 7. The molecule has 0 bridgehead atoms. The van der Waals surface area contributed by atoms with Gasteiger partial charge in [-0.2, -0.15) is 0 Å². The number of benzene rings is 1. The van der Waals surface area contributed by atoms with Crippen LogP contribution >= 0.6 is 11.6 Å². The molecule has 1 rings (SSSR count). The van der Waals surface area contributed by atoms with Crippen molar-refractivity contribution in [1.29, 1.82) is 0 Å². The van der Waals surface area contributed by atoms with Crippen molar-refractivity contribution in [2.75, 3.05) is 13.2 Å². The van der Waals surface area contributed by atoms with Crippen molar-refractivity contribution in [3.63, 3.8) is 0 Å². The molecule has 90 valence electrons. The van der Waals surface area contributed by atoms with Crippen molar-refractivity contribution in [3.05, 3.63) is 35.4 Å². The minimum atomic E-state index is 0.307. The first-order valence-corrected chi connectivity index (χ1v) is 6.22. The first-order valence-electron chi connectivity index (χ1n) is 5.68. The summed E-state index contributed by atoms with van der Waals surface area (Å²) >= 11 is 5.78. The predicted molar refractivity (Wildman–Crippen MR) is 68.8 cm³/mol. The lowest BCUT2D eigenvalue weighted by Crippen LogP contribution is -2.20. The Labute approximate surface area is 103 Å². The van der Waals surface area contributed by atoms with E-state index in [0.29, 0.717) is 12.0 Å². The number of halogens is 1. The molecule has 0 unspecified atom stereocenters. The molecule has 0 atom stereocenters. The van der Waals surface area contributed by atoms with Crippen LogP contribution < -0.4 is 5.32 Å². The van der Waals surface area contributed by atoms with E-state index in [2.05, 4.69) is 17.4 Å². The van der Waals surface area contributed by atoms with Crippen molar-refractivity contribution in [1.82, 2.24) is 5.32 Å². The van der Waals surface area contributed by atoms with Crippen LogP contribution in [0.5, 0.6) is 0 Å². The minimum absolute atomic E-state index is 0.307. The van der Waals surface area contributed by atoms with Gasteiger partial charge in [0.25, 0.3) is 0 Å². The van der Waals surface area contributed by atoms with E-state index in [1.54, 1.807) is 0 Å². The molecule has 1 N–H and O–H groups in total. The molecule has 1 aromatic carbocycles. The molecular weight excluding hydrogens is 222 g/mol. The van der Waals surface area contributed by atoms with E-state index in [0.717, 1.165) is 19.7 Å². The fourth-order valence-electron chi connectivity index (χ4n) is 1.42. The molecule has 0 aromatic heterocycles. The third-order valence-corrected chi connectivity index (χ3v) is 2.51. The zero-order valence-corrected chi connectivity index (χ0v) is 10.8. The lowest BCUT2D eigenvalue weighted by atomic mass is 10.1. The molecule has 0 fully saturated rings. The molecule has 0 spiro atoms.